The van der Waals surface area contributed by atoms with E-state index in [1.54, 1.807) is 0 Å². The summed E-state index contributed by atoms with van der Waals surface area (Å²) in [5, 5.41) is 14.3. The Kier molecular flexibility index (Phi) is 7.05. The first-order valence-corrected chi connectivity index (χ1v) is 6.99. The number of hydrogen-bond acceptors (Lipinski definition) is 3. The number of amides is 2. The monoisotopic (exact) mass is 257 g/mol. The summed E-state index contributed by atoms with van der Waals surface area (Å²) in [5.74, 6) is 0.768. The van der Waals surface area contributed by atoms with Crippen molar-refractivity contribution in [3.63, 3.8) is 0 Å². The van der Waals surface area contributed by atoms with Crippen molar-refractivity contribution in [2.45, 2.75) is 39.2 Å². The van der Waals surface area contributed by atoms with Crippen LogP contribution in [-0.4, -0.2) is 54.9 Å². The van der Waals surface area contributed by atoms with Gasteiger partial charge >= 0.3 is 6.03 Å². The Labute approximate surface area is 110 Å². The van der Waals surface area contributed by atoms with Crippen LogP contribution in [0.3, 0.4) is 0 Å². The van der Waals surface area contributed by atoms with Gasteiger partial charge in [-0.3, -0.25) is 0 Å². The number of carbonyl (C=O) groups is 1. The molecule has 0 aromatic heterocycles. The fourth-order valence-electron chi connectivity index (χ4n) is 2.44. The summed E-state index contributed by atoms with van der Waals surface area (Å²) in [7, 11) is 0. The minimum atomic E-state index is -0.138. The van der Waals surface area contributed by atoms with Crippen LogP contribution in [0.25, 0.3) is 0 Å². The number of aliphatic hydroxyl groups excluding tert-OH is 1. The molecule has 2 amide bonds. The molecule has 2 atom stereocenters. The van der Waals surface area contributed by atoms with Crippen LogP contribution in [-0.2, 0) is 0 Å². The Hall–Kier alpha value is -0.810. The van der Waals surface area contributed by atoms with E-state index in [1.807, 2.05) is 6.92 Å². The van der Waals surface area contributed by atoms with Gasteiger partial charge in [0, 0.05) is 32.3 Å². The van der Waals surface area contributed by atoms with E-state index in [9.17, 15) is 4.79 Å². The number of hydrogen-bond donors (Lipinski definition) is 3. The van der Waals surface area contributed by atoms with Crippen LogP contribution < -0.4 is 10.6 Å². The van der Waals surface area contributed by atoms with Gasteiger partial charge in [0.25, 0.3) is 0 Å². The number of piperidine rings is 1. The Morgan fingerprint density at radius 2 is 2.33 bits per heavy atom. The molecule has 2 unspecified atom stereocenters. The number of urea groups is 1. The number of nitrogens with zero attached hydrogens (tertiary/aromatic N) is 1. The maximum Gasteiger partial charge on any atom is 0.315 e. The van der Waals surface area contributed by atoms with Crippen LogP contribution in [0.1, 0.15) is 33.1 Å². The number of carbonyl (C=O) groups excluding carboxylic acids is 1. The first kappa shape index (κ1) is 15.2. The Balaban J connectivity index is 2.15. The summed E-state index contributed by atoms with van der Waals surface area (Å²) in [6.07, 6.45) is 3.18. The predicted molar refractivity (Wildman–Crippen MR) is 72.5 cm³/mol. The second-order valence-electron chi connectivity index (χ2n) is 5.39. The molecule has 18 heavy (non-hydrogen) atoms. The summed E-state index contributed by atoms with van der Waals surface area (Å²) in [6.45, 7) is 8.15. The molecule has 0 aliphatic carbocycles. The van der Waals surface area contributed by atoms with Crippen molar-refractivity contribution >= 4 is 6.03 Å². The van der Waals surface area contributed by atoms with Crippen molar-refractivity contribution in [3.05, 3.63) is 0 Å². The first-order valence-electron chi connectivity index (χ1n) is 6.99. The zero-order valence-electron chi connectivity index (χ0n) is 11.6. The normalized spacial score (nSPS) is 22.5. The van der Waals surface area contributed by atoms with Crippen molar-refractivity contribution in [1.82, 2.24) is 15.5 Å². The highest BCUT2D eigenvalue weighted by Crippen LogP contribution is 2.15. The number of nitrogens with one attached hydrogen (secondary N) is 2. The molecule has 1 saturated heterocycles. The lowest BCUT2D eigenvalue weighted by atomic mass is 10.00. The number of likely N-dealkylation sites (tertiary alicyclic amines) is 1. The highest BCUT2D eigenvalue weighted by atomic mass is 16.3. The van der Waals surface area contributed by atoms with Crippen LogP contribution in [0, 0.1) is 5.92 Å². The molecule has 106 valence electrons. The minimum absolute atomic E-state index is 0.113. The third-order valence-electron chi connectivity index (χ3n) is 3.27. The van der Waals surface area contributed by atoms with Crippen molar-refractivity contribution < 1.29 is 9.90 Å². The van der Waals surface area contributed by atoms with Crippen LogP contribution in [0.5, 0.6) is 0 Å². The van der Waals surface area contributed by atoms with E-state index >= 15 is 0 Å². The summed E-state index contributed by atoms with van der Waals surface area (Å²) in [4.78, 5) is 13.9. The number of aliphatic hydroxyl groups is 1. The van der Waals surface area contributed by atoms with Gasteiger partial charge in [-0.1, -0.05) is 6.92 Å². The first-order chi connectivity index (χ1) is 8.61. The lowest BCUT2D eigenvalue weighted by Crippen LogP contribution is -2.48. The van der Waals surface area contributed by atoms with E-state index < -0.39 is 0 Å². The second kappa shape index (κ2) is 8.32. The van der Waals surface area contributed by atoms with Crippen LogP contribution >= 0.6 is 0 Å². The SMILES string of the molecule is CC1CCCN(CC(C)NC(=O)NCCCO)C1. The van der Waals surface area contributed by atoms with Crippen molar-refractivity contribution in [2.75, 3.05) is 32.8 Å². The molecule has 0 spiro atoms. The van der Waals surface area contributed by atoms with Gasteiger partial charge in [-0.2, -0.15) is 0 Å². The molecule has 1 heterocycles. The van der Waals surface area contributed by atoms with E-state index in [0.29, 0.717) is 13.0 Å². The smallest absolute Gasteiger partial charge is 0.315 e. The van der Waals surface area contributed by atoms with Crippen molar-refractivity contribution in [1.29, 1.82) is 0 Å². The third-order valence-corrected chi connectivity index (χ3v) is 3.27. The molecular formula is C13H27N3O2. The maximum atomic E-state index is 11.5. The zero-order chi connectivity index (χ0) is 13.4. The molecular weight excluding hydrogens is 230 g/mol. The lowest BCUT2D eigenvalue weighted by Gasteiger charge is -2.32. The van der Waals surface area contributed by atoms with Gasteiger partial charge in [0.2, 0.25) is 0 Å². The fourth-order valence-corrected chi connectivity index (χ4v) is 2.44. The minimum Gasteiger partial charge on any atom is -0.396 e. The predicted octanol–water partition coefficient (Wildman–Crippen LogP) is 0.788. The fraction of sp³-hybridized carbons (Fsp3) is 0.923. The molecule has 1 fully saturated rings. The highest BCUT2D eigenvalue weighted by molar-refractivity contribution is 5.74. The lowest BCUT2D eigenvalue weighted by molar-refractivity contribution is 0.169. The van der Waals surface area contributed by atoms with Crippen LogP contribution in [0.4, 0.5) is 4.79 Å². The van der Waals surface area contributed by atoms with Crippen LogP contribution in [0.2, 0.25) is 0 Å². The molecule has 1 aliphatic rings. The molecule has 0 radical (unpaired) electrons. The van der Waals surface area contributed by atoms with Gasteiger partial charge in [-0.25, -0.2) is 4.79 Å². The number of rotatable bonds is 6. The Bertz CT molecular complexity index is 248. The van der Waals surface area contributed by atoms with Crippen LogP contribution in [0.15, 0.2) is 0 Å². The largest absolute Gasteiger partial charge is 0.396 e. The van der Waals surface area contributed by atoms with E-state index in [-0.39, 0.29) is 18.7 Å². The maximum absolute atomic E-state index is 11.5. The molecule has 1 aliphatic heterocycles. The molecule has 1 rings (SSSR count). The van der Waals surface area contributed by atoms with Gasteiger partial charge in [0.05, 0.1) is 0 Å². The van der Waals surface area contributed by atoms with Gasteiger partial charge in [-0.15, -0.1) is 0 Å². The summed E-state index contributed by atoms with van der Waals surface area (Å²) >= 11 is 0. The van der Waals surface area contributed by atoms with E-state index in [2.05, 4.69) is 22.5 Å². The summed E-state index contributed by atoms with van der Waals surface area (Å²) in [6, 6.07) is 0.0189. The van der Waals surface area contributed by atoms with Gasteiger partial charge in [0.1, 0.15) is 0 Å². The average molecular weight is 257 g/mol. The topological polar surface area (TPSA) is 64.6 Å². The van der Waals surface area contributed by atoms with Gasteiger partial charge < -0.3 is 20.6 Å². The Morgan fingerprint density at radius 1 is 1.56 bits per heavy atom. The molecule has 0 bridgehead atoms. The molecule has 3 N–H and O–H groups in total. The molecule has 5 heteroatoms. The molecule has 0 aromatic rings. The molecule has 5 nitrogen and oxygen atoms in total. The van der Waals surface area contributed by atoms with Gasteiger partial charge in [-0.05, 0) is 38.6 Å². The quantitative estimate of drug-likeness (QED) is 0.616. The van der Waals surface area contributed by atoms with E-state index in [1.165, 1.54) is 12.8 Å². The van der Waals surface area contributed by atoms with E-state index in [4.69, 9.17) is 5.11 Å². The van der Waals surface area contributed by atoms with E-state index in [0.717, 1.165) is 25.6 Å². The zero-order valence-corrected chi connectivity index (χ0v) is 11.6. The van der Waals surface area contributed by atoms with Gasteiger partial charge in [0.15, 0.2) is 0 Å². The third kappa shape index (κ3) is 6.21. The second-order valence-corrected chi connectivity index (χ2v) is 5.39. The molecule has 0 aromatic carbocycles. The molecule has 0 saturated carbocycles. The summed E-state index contributed by atoms with van der Waals surface area (Å²) in [5.41, 5.74) is 0. The Morgan fingerprint density at radius 3 is 3.00 bits per heavy atom. The highest BCUT2D eigenvalue weighted by Gasteiger charge is 2.18. The average Bonchev–Trinajstić information content (AvgIpc) is 2.29. The standard InChI is InChI=1S/C13H27N3O2/c1-11-5-3-7-16(9-11)10-12(2)15-13(18)14-6-4-8-17/h11-12,17H,3-10H2,1-2H3,(H2,14,15,18). The van der Waals surface area contributed by atoms with Crippen molar-refractivity contribution in [3.8, 4) is 0 Å². The summed E-state index contributed by atoms with van der Waals surface area (Å²) < 4.78 is 0. The van der Waals surface area contributed by atoms with Crippen molar-refractivity contribution in [2.24, 2.45) is 5.92 Å².